The average Bonchev–Trinajstić information content (AvgIpc) is 3.09. The van der Waals surface area contributed by atoms with Crippen LogP contribution in [-0.2, 0) is 20.8 Å². The molecule has 0 unspecified atom stereocenters. The summed E-state index contributed by atoms with van der Waals surface area (Å²) in [7, 11) is 1.51. The van der Waals surface area contributed by atoms with Crippen LogP contribution in [0.4, 0.5) is 0 Å². The Bertz CT molecular complexity index is 1210. The summed E-state index contributed by atoms with van der Waals surface area (Å²) in [6.07, 6.45) is 4.12. The summed E-state index contributed by atoms with van der Waals surface area (Å²) in [5.41, 5.74) is 2.97. The zero-order valence-electron chi connectivity index (χ0n) is 18.9. The number of hydrogen-bond acceptors (Lipinski definition) is 7. The van der Waals surface area contributed by atoms with Gasteiger partial charge in [-0.3, -0.25) is 4.68 Å². The molecule has 1 aromatic heterocycles. The Morgan fingerprint density at radius 2 is 1.94 bits per heavy atom. The van der Waals surface area contributed by atoms with Gasteiger partial charge in [0.15, 0.2) is 11.5 Å². The maximum absolute atomic E-state index is 12.4. The van der Waals surface area contributed by atoms with Crippen molar-refractivity contribution in [2.24, 2.45) is 0 Å². The van der Waals surface area contributed by atoms with Crippen LogP contribution in [0.5, 0.6) is 11.5 Å². The lowest BCUT2D eigenvalue weighted by atomic mass is 10.1. The quantitative estimate of drug-likeness (QED) is 0.218. The Labute approximate surface area is 197 Å². The Kier molecular flexibility index (Phi) is 7.58. The van der Waals surface area contributed by atoms with Crippen LogP contribution in [-0.4, -0.2) is 49.3 Å². The number of nitriles is 1. The average molecular weight is 460 g/mol. The second-order valence-electron chi connectivity index (χ2n) is 7.63. The molecule has 0 N–H and O–H groups in total. The fraction of sp³-hybridized carbons (Fsp3) is 0.269. The lowest BCUT2D eigenvalue weighted by Crippen LogP contribution is -2.11. The topological polar surface area (TPSA) is 95.6 Å². The summed E-state index contributed by atoms with van der Waals surface area (Å²) < 4.78 is 23.4. The monoisotopic (exact) mass is 459 g/mol. The van der Waals surface area contributed by atoms with Crippen LogP contribution in [0.3, 0.4) is 0 Å². The number of fused-ring (bicyclic) bond motifs is 1. The molecule has 0 amide bonds. The van der Waals surface area contributed by atoms with Gasteiger partial charge >= 0.3 is 5.97 Å². The predicted octanol–water partition coefficient (Wildman–Crippen LogP) is 3.86. The minimum absolute atomic E-state index is 0.0661. The van der Waals surface area contributed by atoms with Crippen LogP contribution in [0, 0.1) is 11.3 Å². The number of carbonyl (C=O) groups excluding carboxylic acids is 1. The first-order chi connectivity index (χ1) is 16.7. The minimum atomic E-state index is -0.708. The number of aromatic nitrogens is 2. The van der Waals surface area contributed by atoms with Crippen LogP contribution in [0.2, 0.25) is 0 Å². The highest BCUT2D eigenvalue weighted by Crippen LogP contribution is 2.35. The normalized spacial score (nSPS) is 13.1. The van der Waals surface area contributed by atoms with Gasteiger partial charge in [0.05, 0.1) is 32.1 Å². The molecule has 0 aliphatic carbocycles. The van der Waals surface area contributed by atoms with E-state index in [1.54, 1.807) is 4.68 Å². The van der Waals surface area contributed by atoms with E-state index in [2.05, 4.69) is 0 Å². The minimum Gasteiger partial charge on any atom is -0.490 e. The fourth-order valence-electron chi connectivity index (χ4n) is 3.52. The van der Waals surface area contributed by atoms with Crippen molar-refractivity contribution in [3.8, 4) is 28.8 Å². The summed E-state index contributed by atoms with van der Waals surface area (Å²) in [6, 6.07) is 17.5. The smallest absolute Gasteiger partial charge is 0.348 e. The second kappa shape index (κ2) is 11.2. The third-order valence-electron chi connectivity index (χ3n) is 5.16. The molecule has 34 heavy (non-hydrogen) atoms. The van der Waals surface area contributed by atoms with Gasteiger partial charge in [-0.1, -0.05) is 30.3 Å². The lowest BCUT2D eigenvalue weighted by molar-refractivity contribution is -0.139. The number of carbonyl (C=O) groups is 1. The predicted molar refractivity (Wildman–Crippen MR) is 125 cm³/mol. The molecule has 0 radical (unpaired) electrons. The molecule has 0 atom stereocenters. The molecule has 1 aliphatic heterocycles. The Morgan fingerprint density at radius 3 is 2.71 bits per heavy atom. The molecule has 0 saturated carbocycles. The third-order valence-corrected chi connectivity index (χ3v) is 5.16. The molecule has 174 valence electrons. The number of methoxy groups -OCH3 is 1. The van der Waals surface area contributed by atoms with E-state index in [0.29, 0.717) is 42.5 Å². The SMILES string of the molecule is COCCOC(=O)/C(C#N)=C/c1cn(Cc2ccccc2)nc1-c1ccc2c(c1)OCCCO2. The Balaban J connectivity index is 1.71. The molecule has 2 heterocycles. The second-order valence-corrected chi connectivity index (χ2v) is 7.63. The van der Waals surface area contributed by atoms with Crippen molar-refractivity contribution in [3.63, 3.8) is 0 Å². The fourth-order valence-corrected chi connectivity index (χ4v) is 3.52. The molecule has 0 spiro atoms. The Morgan fingerprint density at radius 1 is 1.15 bits per heavy atom. The molecule has 4 rings (SSSR count). The number of benzene rings is 2. The number of ether oxygens (including phenoxy) is 4. The van der Waals surface area contributed by atoms with Crippen LogP contribution in [0.1, 0.15) is 17.5 Å². The number of hydrogen-bond donors (Lipinski definition) is 0. The van der Waals surface area contributed by atoms with E-state index in [4.69, 9.17) is 24.0 Å². The van der Waals surface area contributed by atoms with Crippen molar-refractivity contribution in [2.75, 3.05) is 33.5 Å². The van der Waals surface area contributed by atoms with Crippen molar-refractivity contribution in [2.45, 2.75) is 13.0 Å². The molecule has 2 aromatic carbocycles. The molecule has 0 saturated heterocycles. The van der Waals surface area contributed by atoms with E-state index in [1.807, 2.05) is 60.8 Å². The van der Waals surface area contributed by atoms with Gasteiger partial charge in [0, 0.05) is 30.9 Å². The van der Waals surface area contributed by atoms with Gasteiger partial charge in [-0.15, -0.1) is 0 Å². The number of nitrogens with zero attached hydrogens (tertiary/aromatic N) is 3. The van der Waals surface area contributed by atoms with Crippen molar-refractivity contribution < 1.29 is 23.7 Å². The van der Waals surface area contributed by atoms with Crippen molar-refractivity contribution >= 4 is 12.0 Å². The maximum atomic E-state index is 12.4. The molecular formula is C26H25N3O5. The highest BCUT2D eigenvalue weighted by molar-refractivity contribution is 5.98. The number of rotatable bonds is 8. The van der Waals surface area contributed by atoms with E-state index in [0.717, 1.165) is 17.5 Å². The first-order valence-corrected chi connectivity index (χ1v) is 11.0. The molecular weight excluding hydrogens is 434 g/mol. The van der Waals surface area contributed by atoms with Crippen LogP contribution >= 0.6 is 0 Å². The van der Waals surface area contributed by atoms with Gasteiger partial charge in [0.1, 0.15) is 18.2 Å². The zero-order valence-corrected chi connectivity index (χ0v) is 18.9. The Hall–Kier alpha value is -4.09. The first-order valence-electron chi connectivity index (χ1n) is 11.0. The van der Waals surface area contributed by atoms with Gasteiger partial charge < -0.3 is 18.9 Å². The highest BCUT2D eigenvalue weighted by atomic mass is 16.6. The largest absolute Gasteiger partial charge is 0.490 e. The van der Waals surface area contributed by atoms with Crippen LogP contribution in [0.25, 0.3) is 17.3 Å². The molecule has 0 fully saturated rings. The first kappa shape index (κ1) is 23.1. The van der Waals surface area contributed by atoms with Crippen LogP contribution in [0.15, 0.2) is 60.3 Å². The molecule has 0 bridgehead atoms. The summed E-state index contributed by atoms with van der Waals surface area (Å²) in [6.45, 7) is 2.02. The molecule has 8 nitrogen and oxygen atoms in total. The third kappa shape index (κ3) is 5.63. The summed E-state index contributed by atoms with van der Waals surface area (Å²) in [5.74, 6) is 0.614. The maximum Gasteiger partial charge on any atom is 0.348 e. The lowest BCUT2D eigenvalue weighted by Gasteiger charge is -2.09. The molecule has 1 aliphatic rings. The van der Waals surface area contributed by atoms with E-state index in [1.165, 1.54) is 13.2 Å². The number of esters is 1. The van der Waals surface area contributed by atoms with Gasteiger partial charge in [-0.25, -0.2) is 4.79 Å². The summed E-state index contributed by atoms with van der Waals surface area (Å²) in [4.78, 5) is 12.4. The van der Waals surface area contributed by atoms with Crippen molar-refractivity contribution in [1.29, 1.82) is 5.26 Å². The highest BCUT2D eigenvalue weighted by Gasteiger charge is 2.18. The van der Waals surface area contributed by atoms with Gasteiger partial charge in [0.2, 0.25) is 0 Å². The molecule has 8 heteroatoms. The van der Waals surface area contributed by atoms with Crippen molar-refractivity contribution in [3.05, 3.63) is 71.4 Å². The van der Waals surface area contributed by atoms with Gasteiger partial charge in [-0.2, -0.15) is 10.4 Å². The van der Waals surface area contributed by atoms with Crippen LogP contribution < -0.4 is 9.47 Å². The zero-order chi connectivity index (χ0) is 23.8. The molecule has 3 aromatic rings. The van der Waals surface area contributed by atoms with Gasteiger partial charge in [-0.05, 0) is 29.8 Å². The van der Waals surface area contributed by atoms with E-state index >= 15 is 0 Å². The van der Waals surface area contributed by atoms with E-state index < -0.39 is 5.97 Å². The van der Waals surface area contributed by atoms with Crippen molar-refractivity contribution in [1.82, 2.24) is 9.78 Å². The summed E-state index contributed by atoms with van der Waals surface area (Å²) >= 11 is 0. The standard InChI is InChI=1S/C26H25N3O5/c1-31-12-13-34-26(30)21(16-27)14-22-18-29(17-19-6-3-2-4-7-19)28-25(22)20-8-9-23-24(15-20)33-11-5-10-32-23/h2-4,6-9,14-15,18H,5,10-13,17H2,1H3/b21-14+. The van der Waals surface area contributed by atoms with E-state index in [9.17, 15) is 10.1 Å². The summed E-state index contributed by atoms with van der Waals surface area (Å²) in [5, 5.41) is 14.4. The van der Waals surface area contributed by atoms with Gasteiger partial charge in [0.25, 0.3) is 0 Å². The van der Waals surface area contributed by atoms with E-state index in [-0.39, 0.29) is 18.8 Å².